The Morgan fingerprint density at radius 2 is 1.78 bits per heavy atom. The molecule has 0 bridgehead atoms. The SMILES string of the molecule is Cc1ccc(C2CCCN(C(=O)Cc3ccc(OC(F)(F)F)cc3)C2)cc1. The third-order valence-corrected chi connectivity index (χ3v) is 4.84. The van der Waals surface area contributed by atoms with Gasteiger partial charge < -0.3 is 9.64 Å². The van der Waals surface area contributed by atoms with Crippen LogP contribution in [0, 0.1) is 6.92 Å². The highest BCUT2D eigenvalue weighted by atomic mass is 19.4. The van der Waals surface area contributed by atoms with Gasteiger partial charge in [0.05, 0.1) is 6.42 Å². The first-order chi connectivity index (χ1) is 12.8. The van der Waals surface area contributed by atoms with E-state index in [9.17, 15) is 18.0 Å². The highest BCUT2D eigenvalue weighted by molar-refractivity contribution is 5.79. The van der Waals surface area contributed by atoms with Gasteiger partial charge in [-0.05, 0) is 43.0 Å². The lowest BCUT2D eigenvalue weighted by atomic mass is 9.90. The maximum absolute atomic E-state index is 12.6. The number of halogens is 3. The zero-order valence-corrected chi connectivity index (χ0v) is 15.1. The summed E-state index contributed by atoms with van der Waals surface area (Å²) in [5.74, 6) is 0.0401. The minimum absolute atomic E-state index is 0.00342. The predicted molar refractivity (Wildman–Crippen MR) is 96.6 cm³/mol. The van der Waals surface area contributed by atoms with Crippen LogP contribution in [-0.4, -0.2) is 30.3 Å². The molecule has 0 saturated carbocycles. The molecule has 144 valence electrons. The van der Waals surface area contributed by atoms with Crippen LogP contribution in [0.25, 0.3) is 0 Å². The van der Waals surface area contributed by atoms with Crippen molar-refractivity contribution in [3.8, 4) is 5.75 Å². The van der Waals surface area contributed by atoms with E-state index in [0.717, 1.165) is 19.4 Å². The third kappa shape index (κ3) is 5.49. The average Bonchev–Trinajstić information content (AvgIpc) is 2.63. The lowest BCUT2D eigenvalue weighted by Gasteiger charge is -2.33. The number of benzene rings is 2. The molecule has 1 amide bonds. The van der Waals surface area contributed by atoms with E-state index in [1.165, 1.54) is 35.4 Å². The van der Waals surface area contributed by atoms with Gasteiger partial charge in [-0.1, -0.05) is 42.0 Å². The fourth-order valence-electron chi connectivity index (χ4n) is 3.41. The molecular formula is C21H22F3NO2. The van der Waals surface area contributed by atoms with Crippen LogP contribution in [0.15, 0.2) is 48.5 Å². The summed E-state index contributed by atoms with van der Waals surface area (Å²) in [6, 6.07) is 13.9. The Labute approximate surface area is 156 Å². The van der Waals surface area contributed by atoms with E-state index in [0.29, 0.717) is 18.0 Å². The van der Waals surface area contributed by atoms with Gasteiger partial charge in [0, 0.05) is 19.0 Å². The largest absolute Gasteiger partial charge is 0.573 e. The lowest BCUT2D eigenvalue weighted by molar-refractivity contribution is -0.274. The Morgan fingerprint density at radius 3 is 2.41 bits per heavy atom. The minimum atomic E-state index is -4.71. The van der Waals surface area contributed by atoms with Crippen molar-refractivity contribution in [1.29, 1.82) is 0 Å². The molecule has 1 saturated heterocycles. The number of likely N-dealkylation sites (tertiary alicyclic amines) is 1. The summed E-state index contributed by atoms with van der Waals surface area (Å²) in [5, 5.41) is 0. The molecule has 0 radical (unpaired) electrons. The van der Waals surface area contributed by atoms with Gasteiger partial charge in [-0.15, -0.1) is 13.2 Å². The number of hydrogen-bond acceptors (Lipinski definition) is 2. The maximum Gasteiger partial charge on any atom is 0.573 e. The number of nitrogens with zero attached hydrogens (tertiary/aromatic N) is 1. The summed E-state index contributed by atoms with van der Waals surface area (Å²) in [6.07, 6.45) is -2.54. The van der Waals surface area contributed by atoms with Crippen LogP contribution in [0.4, 0.5) is 13.2 Å². The van der Waals surface area contributed by atoms with Crippen molar-refractivity contribution >= 4 is 5.91 Å². The third-order valence-electron chi connectivity index (χ3n) is 4.84. The highest BCUT2D eigenvalue weighted by Crippen LogP contribution is 2.28. The van der Waals surface area contributed by atoms with Crippen molar-refractivity contribution in [3.63, 3.8) is 0 Å². The monoisotopic (exact) mass is 377 g/mol. The second kappa shape index (κ2) is 8.03. The molecule has 3 nitrogen and oxygen atoms in total. The molecule has 2 aromatic carbocycles. The quantitative estimate of drug-likeness (QED) is 0.763. The van der Waals surface area contributed by atoms with Crippen LogP contribution in [0.5, 0.6) is 5.75 Å². The van der Waals surface area contributed by atoms with Crippen LogP contribution in [-0.2, 0) is 11.2 Å². The molecule has 2 aromatic rings. The number of piperidine rings is 1. The number of aryl methyl sites for hydroxylation is 1. The predicted octanol–water partition coefficient (Wildman–Crippen LogP) is 4.84. The lowest BCUT2D eigenvalue weighted by Crippen LogP contribution is -2.39. The summed E-state index contributed by atoms with van der Waals surface area (Å²) in [7, 11) is 0. The second-order valence-corrected chi connectivity index (χ2v) is 6.96. The number of rotatable bonds is 4. The van der Waals surface area contributed by atoms with Gasteiger partial charge in [0.15, 0.2) is 0 Å². The van der Waals surface area contributed by atoms with Gasteiger partial charge in [-0.2, -0.15) is 0 Å². The Kier molecular flexibility index (Phi) is 5.73. The molecule has 1 heterocycles. The topological polar surface area (TPSA) is 29.5 Å². The summed E-state index contributed by atoms with van der Waals surface area (Å²) in [6.45, 7) is 3.44. The molecule has 0 aliphatic carbocycles. The van der Waals surface area contributed by atoms with E-state index in [1.54, 1.807) is 0 Å². The molecule has 27 heavy (non-hydrogen) atoms. The van der Waals surface area contributed by atoms with E-state index in [1.807, 2.05) is 11.8 Å². The van der Waals surface area contributed by atoms with Crippen molar-refractivity contribution in [3.05, 3.63) is 65.2 Å². The van der Waals surface area contributed by atoms with Crippen molar-refractivity contribution in [2.24, 2.45) is 0 Å². The number of carbonyl (C=O) groups is 1. The minimum Gasteiger partial charge on any atom is -0.406 e. The molecular weight excluding hydrogens is 355 g/mol. The van der Waals surface area contributed by atoms with E-state index in [-0.39, 0.29) is 18.1 Å². The van der Waals surface area contributed by atoms with Crippen molar-refractivity contribution < 1.29 is 22.7 Å². The van der Waals surface area contributed by atoms with Crippen LogP contribution >= 0.6 is 0 Å². The van der Waals surface area contributed by atoms with E-state index < -0.39 is 6.36 Å². The van der Waals surface area contributed by atoms with Crippen LogP contribution in [0.2, 0.25) is 0 Å². The second-order valence-electron chi connectivity index (χ2n) is 6.96. The highest BCUT2D eigenvalue weighted by Gasteiger charge is 2.31. The zero-order chi connectivity index (χ0) is 19.4. The molecule has 0 aromatic heterocycles. The smallest absolute Gasteiger partial charge is 0.406 e. The summed E-state index contributed by atoms with van der Waals surface area (Å²) >= 11 is 0. The standard InChI is InChI=1S/C21H22F3NO2/c1-15-4-8-17(9-5-15)18-3-2-12-25(14-18)20(26)13-16-6-10-19(11-7-16)27-21(22,23)24/h4-11,18H,2-3,12-14H2,1H3. The van der Waals surface area contributed by atoms with Gasteiger partial charge in [-0.25, -0.2) is 0 Å². The molecule has 1 atom stereocenters. The number of carbonyl (C=O) groups excluding carboxylic acids is 1. The number of amides is 1. The van der Waals surface area contributed by atoms with E-state index >= 15 is 0 Å². The normalized spacial score (nSPS) is 17.6. The van der Waals surface area contributed by atoms with Gasteiger partial charge in [-0.3, -0.25) is 4.79 Å². The Hall–Kier alpha value is -2.50. The van der Waals surface area contributed by atoms with Crippen molar-refractivity contribution in [1.82, 2.24) is 4.90 Å². The fourth-order valence-corrected chi connectivity index (χ4v) is 3.41. The Bertz CT molecular complexity index is 770. The molecule has 6 heteroatoms. The van der Waals surface area contributed by atoms with Crippen LogP contribution in [0.1, 0.15) is 35.4 Å². The van der Waals surface area contributed by atoms with Gasteiger partial charge in [0.25, 0.3) is 0 Å². The zero-order valence-electron chi connectivity index (χ0n) is 15.1. The number of alkyl halides is 3. The molecule has 1 unspecified atom stereocenters. The van der Waals surface area contributed by atoms with Crippen LogP contribution in [0.3, 0.4) is 0 Å². The summed E-state index contributed by atoms with van der Waals surface area (Å²) in [5.41, 5.74) is 3.12. The molecule has 1 fully saturated rings. The molecule has 1 aliphatic rings. The molecule has 0 spiro atoms. The average molecular weight is 377 g/mol. The molecule has 1 aliphatic heterocycles. The summed E-state index contributed by atoms with van der Waals surface area (Å²) < 4.78 is 40.5. The van der Waals surface area contributed by atoms with E-state index in [4.69, 9.17) is 0 Å². The Balaban J connectivity index is 1.59. The first-order valence-corrected chi connectivity index (χ1v) is 8.99. The van der Waals surface area contributed by atoms with Gasteiger partial charge in [0.1, 0.15) is 5.75 Å². The molecule has 3 rings (SSSR count). The van der Waals surface area contributed by atoms with Crippen LogP contribution < -0.4 is 4.74 Å². The Morgan fingerprint density at radius 1 is 1.11 bits per heavy atom. The van der Waals surface area contributed by atoms with Gasteiger partial charge in [0.2, 0.25) is 5.91 Å². The number of ether oxygens (including phenoxy) is 1. The number of hydrogen-bond donors (Lipinski definition) is 0. The molecule has 0 N–H and O–H groups in total. The first-order valence-electron chi connectivity index (χ1n) is 8.99. The van der Waals surface area contributed by atoms with Crippen molar-refractivity contribution in [2.45, 2.75) is 38.5 Å². The van der Waals surface area contributed by atoms with Crippen molar-refractivity contribution in [2.75, 3.05) is 13.1 Å². The first kappa shape index (κ1) is 19.3. The summed E-state index contributed by atoms with van der Waals surface area (Å²) in [4.78, 5) is 14.5. The maximum atomic E-state index is 12.6. The van der Waals surface area contributed by atoms with Gasteiger partial charge >= 0.3 is 6.36 Å². The fraction of sp³-hybridized carbons (Fsp3) is 0.381. The van der Waals surface area contributed by atoms with E-state index in [2.05, 4.69) is 29.0 Å².